The van der Waals surface area contributed by atoms with Gasteiger partial charge in [-0.05, 0) is 37.6 Å². The molecule has 0 unspecified atom stereocenters. The predicted octanol–water partition coefficient (Wildman–Crippen LogP) is 1.42. The average molecular weight is 313 g/mol. The molecule has 8 heteroatoms. The molecular weight excluding hydrogens is 298 g/mol. The van der Waals surface area contributed by atoms with E-state index in [1.165, 1.54) is 0 Å². The van der Waals surface area contributed by atoms with E-state index in [0.717, 1.165) is 25.1 Å². The van der Waals surface area contributed by atoms with Crippen molar-refractivity contribution in [2.75, 3.05) is 13.1 Å². The summed E-state index contributed by atoms with van der Waals surface area (Å²) in [6.07, 6.45) is 1.53. The fourth-order valence-corrected chi connectivity index (χ4v) is 3.28. The van der Waals surface area contributed by atoms with E-state index in [-0.39, 0.29) is 18.4 Å². The zero-order valence-electron chi connectivity index (χ0n) is 10.0. The van der Waals surface area contributed by atoms with Gasteiger partial charge in [-0.25, -0.2) is 21.9 Å². The minimum Gasteiger partial charge on any atom is -0.315 e. The van der Waals surface area contributed by atoms with Crippen LogP contribution in [0.3, 0.4) is 0 Å². The lowest BCUT2D eigenvalue weighted by Gasteiger charge is -2.23. The first-order valence-corrected chi connectivity index (χ1v) is 7.15. The molecule has 0 amide bonds. The Bertz CT molecular complexity index is 533. The highest BCUT2D eigenvalue weighted by molar-refractivity contribution is 7.89. The molecule has 1 fully saturated rings. The van der Waals surface area contributed by atoms with Crippen molar-refractivity contribution in [3.63, 3.8) is 0 Å². The maximum absolute atomic E-state index is 13.4. The Hall–Kier alpha value is -0.760. The van der Waals surface area contributed by atoms with Gasteiger partial charge in [0.25, 0.3) is 0 Å². The van der Waals surface area contributed by atoms with Crippen molar-refractivity contribution in [3.05, 3.63) is 29.8 Å². The molecule has 2 rings (SSSR count). The lowest BCUT2D eigenvalue weighted by Crippen LogP contribution is -2.45. The zero-order chi connectivity index (χ0) is 13.2. The molecule has 0 aromatic heterocycles. The molecule has 1 heterocycles. The molecule has 0 aliphatic carbocycles. The van der Waals surface area contributed by atoms with Crippen LogP contribution in [0.1, 0.15) is 12.8 Å². The lowest BCUT2D eigenvalue weighted by molar-refractivity contribution is 0.427. The molecule has 19 heavy (non-hydrogen) atoms. The van der Waals surface area contributed by atoms with Gasteiger partial charge in [0, 0.05) is 12.6 Å². The van der Waals surface area contributed by atoms with E-state index in [2.05, 4.69) is 10.0 Å². The number of halogens is 3. The van der Waals surface area contributed by atoms with Crippen molar-refractivity contribution in [1.29, 1.82) is 0 Å². The Morgan fingerprint density at radius 2 is 2.05 bits per heavy atom. The van der Waals surface area contributed by atoms with Crippen LogP contribution in [0.15, 0.2) is 23.1 Å². The predicted molar refractivity (Wildman–Crippen MR) is 69.8 cm³/mol. The topological polar surface area (TPSA) is 58.2 Å². The first-order chi connectivity index (χ1) is 8.49. The summed E-state index contributed by atoms with van der Waals surface area (Å²) in [6, 6.07) is 2.10. The third-order valence-electron chi connectivity index (χ3n) is 2.80. The van der Waals surface area contributed by atoms with Crippen LogP contribution < -0.4 is 10.0 Å². The number of rotatable bonds is 3. The molecule has 0 spiro atoms. The van der Waals surface area contributed by atoms with E-state index in [0.29, 0.717) is 19.0 Å². The first kappa shape index (κ1) is 16.3. The average Bonchev–Trinajstić information content (AvgIpc) is 2.33. The van der Waals surface area contributed by atoms with Crippen LogP contribution in [-0.4, -0.2) is 27.5 Å². The first-order valence-electron chi connectivity index (χ1n) is 5.67. The molecule has 0 bridgehead atoms. The highest BCUT2D eigenvalue weighted by Crippen LogP contribution is 2.17. The van der Waals surface area contributed by atoms with Gasteiger partial charge in [0.2, 0.25) is 10.0 Å². The summed E-state index contributed by atoms with van der Waals surface area (Å²) >= 11 is 0. The Morgan fingerprint density at radius 3 is 2.68 bits per heavy atom. The van der Waals surface area contributed by atoms with Crippen LogP contribution in [0.5, 0.6) is 0 Å². The van der Waals surface area contributed by atoms with Crippen LogP contribution in [0.2, 0.25) is 0 Å². The van der Waals surface area contributed by atoms with E-state index < -0.39 is 26.6 Å². The van der Waals surface area contributed by atoms with Crippen LogP contribution in [0.4, 0.5) is 8.78 Å². The number of hydrogen-bond donors (Lipinski definition) is 2. The van der Waals surface area contributed by atoms with Gasteiger partial charge in [-0.2, -0.15) is 0 Å². The Balaban J connectivity index is 0.00000180. The molecular formula is C11H15ClF2N2O2S. The molecule has 0 radical (unpaired) electrons. The molecule has 1 saturated heterocycles. The highest BCUT2D eigenvalue weighted by atomic mass is 35.5. The maximum Gasteiger partial charge on any atom is 0.243 e. The third kappa shape index (κ3) is 4.10. The van der Waals surface area contributed by atoms with Gasteiger partial charge in [0.15, 0.2) is 0 Å². The second kappa shape index (κ2) is 6.60. The largest absolute Gasteiger partial charge is 0.315 e. The Morgan fingerprint density at radius 1 is 1.32 bits per heavy atom. The number of hydrogen-bond acceptors (Lipinski definition) is 3. The van der Waals surface area contributed by atoms with Crippen LogP contribution in [0, 0.1) is 11.6 Å². The second-order valence-electron chi connectivity index (χ2n) is 4.24. The summed E-state index contributed by atoms with van der Waals surface area (Å²) in [6.45, 7) is 1.34. The molecule has 1 aromatic carbocycles. The van der Waals surface area contributed by atoms with Gasteiger partial charge < -0.3 is 5.32 Å². The number of nitrogens with one attached hydrogen (secondary N) is 2. The lowest BCUT2D eigenvalue weighted by atomic mass is 10.1. The van der Waals surface area contributed by atoms with Crippen molar-refractivity contribution in [3.8, 4) is 0 Å². The SMILES string of the molecule is Cl.O=S(=O)(N[C@@H]1CCCNC1)c1cc(F)ccc1F. The van der Waals surface area contributed by atoms with Crippen molar-refractivity contribution in [2.24, 2.45) is 0 Å². The zero-order valence-corrected chi connectivity index (χ0v) is 11.7. The number of sulfonamides is 1. The smallest absolute Gasteiger partial charge is 0.243 e. The second-order valence-corrected chi connectivity index (χ2v) is 5.92. The number of piperidine rings is 1. The van der Waals surface area contributed by atoms with E-state index >= 15 is 0 Å². The van der Waals surface area contributed by atoms with Crippen molar-refractivity contribution in [1.82, 2.24) is 10.0 Å². The minimum atomic E-state index is -4.02. The number of benzene rings is 1. The molecule has 1 atom stereocenters. The molecule has 1 aliphatic rings. The Kier molecular flexibility index (Phi) is 5.66. The summed E-state index contributed by atoms with van der Waals surface area (Å²) in [5.74, 6) is -1.73. The molecule has 4 nitrogen and oxygen atoms in total. The van der Waals surface area contributed by atoms with Gasteiger partial charge in [-0.15, -0.1) is 12.4 Å². The van der Waals surface area contributed by atoms with Gasteiger partial charge >= 0.3 is 0 Å². The van der Waals surface area contributed by atoms with Crippen molar-refractivity contribution in [2.45, 2.75) is 23.8 Å². The van der Waals surface area contributed by atoms with Gasteiger partial charge in [-0.3, -0.25) is 0 Å². The van der Waals surface area contributed by atoms with Gasteiger partial charge in [0.1, 0.15) is 16.5 Å². The maximum atomic E-state index is 13.4. The quantitative estimate of drug-likeness (QED) is 0.887. The van der Waals surface area contributed by atoms with Gasteiger partial charge in [0.05, 0.1) is 0 Å². The van der Waals surface area contributed by atoms with E-state index in [1.54, 1.807) is 0 Å². The van der Waals surface area contributed by atoms with E-state index in [1.807, 2.05) is 0 Å². The summed E-state index contributed by atoms with van der Waals surface area (Å²) in [4.78, 5) is -0.645. The van der Waals surface area contributed by atoms with Crippen LogP contribution in [-0.2, 0) is 10.0 Å². The van der Waals surface area contributed by atoms with E-state index in [9.17, 15) is 17.2 Å². The molecule has 1 aliphatic heterocycles. The van der Waals surface area contributed by atoms with Crippen molar-refractivity contribution >= 4 is 22.4 Å². The molecule has 1 aromatic rings. The monoisotopic (exact) mass is 312 g/mol. The highest BCUT2D eigenvalue weighted by Gasteiger charge is 2.24. The minimum absolute atomic E-state index is 0. The molecule has 108 valence electrons. The third-order valence-corrected chi connectivity index (χ3v) is 4.34. The normalized spacial score (nSPS) is 19.8. The van der Waals surface area contributed by atoms with E-state index in [4.69, 9.17) is 0 Å². The molecule has 2 N–H and O–H groups in total. The van der Waals surface area contributed by atoms with Crippen molar-refractivity contribution < 1.29 is 17.2 Å². The summed E-state index contributed by atoms with van der Waals surface area (Å²) in [7, 11) is -4.02. The standard InChI is InChI=1S/C11H14F2N2O2S.ClH/c12-8-3-4-10(13)11(6-8)18(16,17)15-9-2-1-5-14-7-9;/h3-4,6,9,14-15H,1-2,5,7H2;1H/t9-;/m1./s1. The van der Waals surface area contributed by atoms with Crippen LogP contribution >= 0.6 is 12.4 Å². The summed E-state index contributed by atoms with van der Waals surface area (Å²) in [5, 5.41) is 3.04. The fourth-order valence-electron chi connectivity index (χ4n) is 1.92. The summed E-state index contributed by atoms with van der Waals surface area (Å²) < 4.78 is 52.6. The Labute approximate surface area is 117 Å². The van der Waals surface area contributed by atoms with Gasteiger partial charge in [-0.1, -0.05) is 0 Å². The summed E-state index contributed by atoms with van der Waals surface area (Å²) in [5.41, 5.74) is 0. The molecule has 0 saturated carbocycles. The van der Waals surface area contributed by atoms with Crippen LogP contribution in [0.25, 0.3) is 0 Å². The fraction of sp³-hybridized carbons (Fsp3) is 0.455.